The highest BCUT2D eigenvalue weighted by atomic mass is 16.5. The van der Waals surface area contributed by atoms with E-state index in [0.717, 1.165) is 11.0 Å². The number of esters is 1. The lowest BCUT2D eigenvalue weighted by atomic mass is 10.2. The van der Waals surface area contributed by atoms with E-state index in [2.05, 4.69) is 31.4 Å². The van der Waals surface area contributed by atoms with Crippen LogP contribution < -0.4 is 5.11 Å². The fraction of sp³-hybridized carbons (Fsp3) is 0.526. The first-order valence-corrected chi connectivity index (χ1v) is 8.02. The van der Waals surface area contributed by atoms with Crippen LogP contribution in [0.4, 0.5) is 0 Å². The Morgan fingerprint density at radius 1 is 1.00 bits per heavy atom. The molecule has 0 heterocycles. The maximum atomic E-state index is 11.2. The Balaban J connectivity index is -0.000000319. The Hall–Kier alpha value is -2.25. The number of rotatable bonds is 8. The van der Waals surface area contributed by atoms with Crippen molar-refractivity contribution in [2.75, 3.05) is 40.4 Å². The fourth-order valence-electron chi connectivity index (χ4n) is 0.897. The zero-order valence-corrected chi connectivity index (χ0v) is 16.9. The van der Waals surface area contributed by atoms with Crippen LogP contribution in [0.1, 0.15) is 27.7 Å². The molecular weight excluding hydrogens is 338 g/mol. The topological polar surface area (TPSA) is 104 Å². The normalized spacial score (nSPS) is 9.50. The summed E-state index contributed by atoms with van der Waals surface area (Å²) in [6, 6.07) is 0. The average molecular weight is 371 g/mol. The lowest BCUT2D eigenvalue weighted by Crippen LogP contribution is -2.43. The molecule has 0 aliphatic rings. The summed E-state index contributed by atoms with van der Waals surface area (Å²) in [5, 5.41) is 17.7. The first-order chi connectivity index (χ1) is 11.7. The van der Waals surface area contributed by atoms with Gasteiger partial charge in [0.05, 0.1) is 33.2 Å². The van der Waals surface area contributed by atoms with Gasteiger partial charge in [-0.1, -0.05) is 19.7 Å². The monoisotopic (exact) mass is 371 g/mol. The molecule has 0 saturated heterocycles. The summed E-state index contributed by atoms with van der Waals surface area (Å²) in [6.45, 7) is 18.3. The Morgan fingerprint density at radius 2 is 1.42 bits per heavy atom. The molecule has 0 aromatic carbocycles. The van der Waals surface area contributed by atoms with E-state index in [1.807, 2.05) is 14.1 Å². The highest BCUT2D eigenvalue weighted by Gasteiger charge is 2.17. The molecule has 0 spiro atoms. The van der Waals surface area contributed by atoms with Crippen LogP contribution in [-0.2, 0) is 19.1 Å². The third-order valence-corrected chi connectivity index (χ3v) is 2.93. The second-order valence-electron chi connectivity index (χ2n) is 6.32. The Bertz CT molecular complexity index is 508. The summed E-state index contributed by atoms with van der Waals surface area (Å²) < 4.78 is 5.21. The number of carboxylic acid groups (broad SMARTS) is 1. The van der Waals surface area contributed by atoms with Crippen LogP contribution in [0.5, 0.6) is 0 Å². The van der Waals surface area contributed by atoms with Crippen LogP contribution in [0.2, 0.25) is 0 Å². The molecule has 0 amide bonds. The molecule has 0 unspecified atom stereocenters. The molecule has 7 nitrogen and oxygen atoms in total. The van der Waals surface area contributed by atoms with Crippen LogP contribution in [0.25, 0.3) is 0 Å². The zero-order chi connectivity index (χ0) is 21.5. The summed E-state index contributed by atoms with van der Waals surface area (Å²) in [5.41, 5.74) is 1.07. The highest BCUT2D eigenvalue weighted by molar-refractivity contribution is 5.95. The number of carbonyl (C=O) groups excluding carboxylic acids is 3. The molecule has 0 atom stereocenters. The van der Waals surface area contributed by atoms with Crippen LogP contribution in [0, 0.1) is 0 Å². The smallest absolute Gasteiger partial charge is 0.333 e. The van der Waals surface area contributed by atoms with Crippen molar-refractivity contribution in [1.82, 2.24) is 0 Å². The number of likely N-dealkylation sites (N-methyl/N-ethyl adjacent to an activating group) is 1. The molecule has 0 aliphatic carbocycles. The number of Topliss-reactive ketones (excluding diaryl/α,β-unsaturated/α-hetero) is 1. The second kappa shape index (κ2) is 15.0. The summed E-state index contributed by atoms with van der Waals surface area (Å²) in [7, 11) is 4.08. The largest absolute Gasteiger partial charge is 0.545 e. The molecule has 0 aromatic rings. The van der Waals surface area contributed by atoms with Gasteiger partial charge in [0.15, 0.2) is 0 Å². The Morgan fingerprint density at radius 3 is 1.65 bits per heavy atom. The van der Waals surface area contributed by atoms with E-state index in [1.54, 1.807) is 13.8 Å². The average Bonchev–Trinajstić information content (AvgIpc) is 2.53. The van der Waals surface area contributed by atoms with Crippen molar-refractivity contribution >= 4 is 17.7 Å². The van der Waals surface area contributed by atoms with Gasteiger partial charge in [-0.05, 0) is 38.8 Å². The summed E-state index contributed by atoms with van der Waals surface area (Å²) in [5.74, 6) is -1.48. The number of aliphatic carboxylic acids is 1. The van der Waals surface area contributed by atoms with E-state index in [-0.39, 0.29) is 24.6 Å². The number of nitrogens with zero attached hydrogens (tertiary/aromatic N) is 1. The molecular formula is C19H33NO6. The van der Waals surface area contributed by atoms with E-state index in [4.69, 9.17) is 5.11 Å². The van der Waals surface area contributed by atoms with E-state index < -0.39 is 11.9 Å². The second-order valence-corrected chi connectivity index (χ2v) is 6.32. The van der Waals surface area contributed by atoms with Crippen molar-refractivity contribution in [1.29, 1.82) is 0 Å². The van der Waals surface area contributed by atoms with Crippen molar-refractivity contribution in [2.45, 2.75) is 27.7 Å². The van der Waals surface area contributed by atoms with Gasteiger partial charge in [0.25, 0.3) is 0 Å². The van der Waals surface area contributed by atoms with E-state index in [9.17, 15) is 19.5 Å². The van der Waals surface area contributed by atoms with Gasteiger partial charge < -0.3 is 24.2 Å². The van der Waals surface area contributed by atoms with Gasteiger partial charge in [0.1, 0.15) is 13.2 Å². The standard InChI is InChI=1S/C9H18NO.C6H10O3.C4H6O2/c1-6-10(4,5)7-9(11)8(2)3;1-5(2)6(8)9-4-3-7;1-3(2)4(5)6/h2,6-7H2,1,3-5H3;7H,1,3-4H2,2H3;1H2,2H3,(H,5,6)/q+1;;/p-1. The van der Waals surface area contributed by atoms with Gasteiger partial charge in [-0.3, -0.25) is 4.79 Å². The molecule has 150 valence electrons. The number of aliphatic hydroxyl groups excluding tert-OH is 1. The van der Waals surface area contributed by atoms with Gasteiger partial charge in [-0.25, -0.2) is 4.79 Å². The van der Waals surface area contributed by atoms with Gasteiger partial charge in [0.2, 0.25) is 5.78 Å². The first-order valence-electron chi connectivity index (χ1n) is 8.02. The van der Waals surface area contributed by atoms with Gasteiger partial charge in [0, 0.05) is 5.57 Å². The van der Waals surface area contributed by atoms with Gasteiger partial charge in [-0.2, -0.15) is 0 Å². The van der Waals surface area contributed by atoms with Gasteiger partial charge in [-0.15, -0.1) is 0 Å². The minimum Gasteiger partial charge on any atom is -0.545 e. The lowest BCUT2D eigenvalue weighted by Gasteiger charge is -2.27. The van der Waals surface area contributed by atoms with Crippen molar-refractivity contribution in [3.05, 3.63) is 36.5 Å². The van der Waals surface area contributed by atoms with E-state index in [1.165, 1.54) is 6.92 Å². The molecule has 1 N–H and O–H groups in total. The number of hydrogen-bond acceptors (Lipinski definition) is 6. The SMILES string of the molecule is C=C(C)C(=O)C[N+](C)(C)CC.C=C(C)C(=O)OCCO.C=C(C)C(=O)[O-]. The van der Waals surface area contributed by atoms with Crippen molar-refractivity contribution in [3.63, 3.8) is 0 Å². The minimum absolute atomic E-state index is 0.0473. The van der Waals surface area contributed by atoms with Crippen LogP contribution in [0.15, 0.2) is 36.5 Å². The first kappa shape index (κ1) is 28.5. The zero-order valence-electron chi connectivity index (χ0n) is 16.9. The summed E-state index contributed by atoms with van der Waals surface area (Å²) >= 11 is 0. The van der Waals surface area contributed by atoms with Crippen molar-refractivity contribution in [2.24, 2.45) is 0 Å². The molecule has 0 bridgehead atoms. The molecule has 26 heavy (non-hydrogen) atoms. The predicted molar refractivity (Wildman–Crippen MR) is 100 cm³/mol. The predicted octanol–water partition coefficient (Wildman–Crippen LogP) is 0.638. The molecule has 0 saturated carbocycles. The molecule has 0 aliphatic heterocycles. The number of hydrogen-bond donors (Lipinski definition) is 1. The minimum atomic E-state index is -1.19. The van der Waals surface area contributed by atoms with Gasteiger partial charge >= 0.3 is 5.97 Å². The molecule has 0 rings (SSSR count). The molecule has 0 radical (unpaired) electrons. The van der Waals surface area contributed by atoms with Crippen LogP contribution in [0.3, 0.4) is 0 Å². The third kappa shape index (κ3) is 19.8. The third-order valence-electron chi connectivity index (χ3n) is 2.93. The number of aliphatic hydroxyl groups is 1. The van der Waals surface area contributed by atoms with Crippen molar-refractivity contribution in [3.8, 4) is 0 Å². The van der Waals surface area contributed by atoms with Crippen molar-refractivity contribution < 1.29 is 33.8 Å². The Kier molecular flexibility index (Phi) is 16.5. The molecule has 0 aromatic heterocycles. The van der Waals surface area contributed by atoms with E-state index in [0.29, 0.717) is 17.7 Å². The summed E-state index contributed by atoms with van der Waals surface area (Å²) in [4.78, 5) is 31.2. The fourth-order valence-corrected chi connectivity index (χ4v) is 0.897. The maximum Gasteiger partial charge on any atom is 0.333 e. The van der Waals surface area contributed by atoms with E-state index >= 15 is 0 Å². The van der Waals surface area contributed by atoms with Crippen LogP contribution >= 0.6 is 0 Å². The maximum absolute atomic E-state index is 11.2. The Labute approximate surface area is 156 Å². The number of carboxylic acids is 1. The number of quaternary nitrogens is 1. The number of carbonyl (C=O) groups is 3. The molecule has 7 heteroatoms. The highest BCUT2D eigenvalue weighted by Crippen LogP contribution is 1.99. The number of ketones is 1. The van der Waals surface area contributed by atoms with Crippen LogP contribution in [-0.4, -0.2) is 67.7 Å². The quantitative estimate of drug-likeness (QED) is 0.381. The lowest BCUT2D eigenvalue weighted by molar-refractivity contribution is -0.880. The molecule has 0 fully saturated rings. The number of ether oxygens (including phenoxy) is 1. The summed E-state index contributed by atoms with van der Waals surface area (Å²) in [6.07, 6.45) is 0.